The molecular formula is C35H39NO2. The topological polar surface area (TPSA) is 32.7 Å². The van der Waals surface area contributed by atoms with Crippen LogP contribution in [0, 0.1) is 0 Å². The van der Waals surface area contributed by atoms with E-state index in [0.717, 1.165) is 35.1 Å². The van der Waals surface area contributed by atoms with Gasteiger partial charge in [-0.2, -0.15) is 0 Å². The Morgan fingerprint density at radius 2 is 1.08 bits per heavy atom. The Labute approximate surface area is 227 Å². The first-order valence-electron chi connectivity index (χ1n) is 13.9. The Hall–Kier alpha value is -3.24. The SMILES string of the molecule is C[C@@H]1CCC[C@H](C)N1[C@H](c1ccccc1)[C@@H](O)COC(c1ccccc1)(c1ccccc1)c1ccccc1. The van der Waals surface area contributed by atoms with Crippen LogP contribution in [0.1, 0.15) is 61.4 Å². The van der Waals surface area contributed by atoms with E-state index in [-0.39, 0.29) is 12.6 Å². The van der Waals surface area contributed by atoms with Crippen molar-refractivity contribution >= 4 is 0 Å². The highest BCUT2D eigenvalue weighted by atomic mass is 16.5. The largest absolute Gasteiger partial charge is 0.389 e. The summed E-state index contributed by atoms with van der Waals surface area (Å²) in [6, 6.07) is 42.2. The van der Waals surface area contributed by atoms with E-state index in [2.05, 4.69) is 116 Å². The Morgan fingerprint density at radius 1 is 0.684 bits per heavy atom. The Bertz CT molecular complexity index is 1140. The molecule has 4 aromatic carbocycles. The molecule has 0 unspecified atom stereocenters. The van der Waals surface area contributed by atoms with Crippen molar-refractivity contribution in [3.8, 4) is 0 Å². The van der Waals surface area contributed by atoms with Gasteiger partial charge in [-0.25, -0.2) is 0 Å². The number of aliphatic hydroxyl groups excluding tert-OH is 1. The Balaban J connectivity index is 1.57. The van der Waals surface area contributed by atoms with E-state index in [1.165, 1.54) is 6.42 Å². The molecule has 4 aromatic rings. The predicted molar refractivity (Wildman–Crippen MR) is 155 cm³/mol. The van der Waals surface area contributed by atoms with E-state index >= 15 is 0 Å². The van der Waals surface area contributed by atoms with Gasteiger partial charge in [0.05, 0.1) is 18.8 Å². The van der Waals surface area contributed by atoms with Crippen molar-refractivity contribution < 1.29 is 9.84 Å². The second-order valence-electron chi connectivity index (χ2n) is 10.6. The van der Waals surface area contributed by atoms with Gasteiger partial charge in [-0.15, -0.1) is 0 Å². The summed E-state index contributed by atoms with van der Waals surface area (Å²) in [7, 11) is 0. The van der Waals surface area contributed by atoms with Gasteiger partial charge in [-0.3, -0.25) is 4.90 Å². The first-order chi connectivity index (χ1) is 18.6. The van der Waals surface area contributed by atoms with Crippen molar-refractivity contribution in [1.29, 1.82) is 0 Å². The van der Waals surface area contributed by atoms with Gasteiger partial charge in [0.25, 0.3) is 0 Å². The van der Waals surface area contributed by atoms with Crippen LogP contribution in [0.4, 0.5) is 0 Å². The van der Waals surface area contributed by atoms with Crippen molar-refractivity contribution in [1.82, 2.24) is 4.90 Å². The van der Waals surface area contributed by atoms with E-state index in [4.69, 9.17) is 4.74 Å². The van der Waals surface area contributed by atoms with Crippen LogP contribution in [-0.4, -0.2) is 34.8 Å². The maximum absolute atomic E-state index is 12.0. The molecule has 38 heavy (non-hydrogen) atoms. The zero-order chi connectivity index (χ0) is 26.4. The van der Waals surface area contributed by atoms with Gasteiger partial charge in [0, 0.05) is 12.1 Å². The fraction of sp³-hybridized carbons (Fsp3) is 0.314. The van der Waals surface area contributed by atoms with Crippen molar-refractivity contribution in [2.45, 2.75) is 62.9 Å². The normalized spacial score (nSPS) is 20.1. The summed E-state index contributed by atoms with van der Waals surface area (Å²) in [5.74, 6) is 0. The summed E-state index contributed by atoms with van der Waals surface area (Å²) < 4.78 is 7.04. The van der Waals surface area contributed by atoms with Gasteiger partial charge >= 0.3 is 0 Å². The maximum Gasteiger partial charge on any atom is 0.143 e. The number of aliphatic hydroxyl groups is 1. The third kappa shape index (κ3) is 5.33. The highest BCUT2D eigenvalue weighted by molar-refractivity contribution is 5.47. The van der Waals surface area contributed by atoms with Crippen LogP contribution in [0.3, 0.4) is 0 Å². The van der Waals surface area contributed by atoms with Crippen LogP contribution in [0.25, 0.3) is 0 Å². The molecule has 4 atom stereocenters. The van der Waals surface area contributed by atoms with E-state index in [1.807, 2.05) is 24.3 Å². The van der Waals surface area contributed by atoms with E-state index < -0.39 is 11.7 Å². The van der Waals surface area contributed by atoms with Gasteiger partial charge < -0.3 is 9.84 Å². The number of nitrogens with zero attached hydrogens (tertiary/aromatic N) is 1. The van der Waals surface area contributed by atoms with Crippen LogP contribution < -0.4 is 0 Å². The molecule has 1 aliphatic heterocycles. The molecule has 1 saturated heterocycles. The summed E-state index contributed by atoms with van der Waals surface area (Å²) in [6.07, 6.45) is 2.80. The Kier molecular flexibility index (Phi) is 8.38. The predicted octanol–water partition coefficient (Wildman–Crippen LogP) is 7.36. The molecule has 0 amide bonds. The molecule has 0 aromatic heterocycles. The monoisotopic (exact) mass is 505 g/mol. The van der Waals surface area contributed by atoms with Crippen molar-refractivity contribution in [2.75, 3.05) is 6.61 Å². The lowest BCUT2D eigenvalue weighted by molar-refractivity contribution is -0.0846. The van der Waals surface area contributed by atoms with Crippen LogP contribution in [0.2, 0.25) is 0 Å². The number of piperidine rings is 1. The molecule has 0 saturated carbocycles. The number of rotatable bonds is 9. The van der Waals surface area contributed by atoms with Crippen LogP contribution in [-0.2, 0) is 10.3 Å². The third-order valence-electron chi connectivity index (χ3n) is 8.10. The molecule has 1 heterocycles. The van der Waals surface area contributed by atoms with Crippen LogP contribution >= 0.6 is 0 Å². The third-order valence-corrected chi connectivity index (χ3v) is 8.10. The zero-order valence-electron chi connectivity index (χ0n) is 22.5. The highest BCUT2D eigenvalue weighted by Crippen LogP contribution is 2.42. The average molecular weight is 506 g/mol. The van der Waals surface area contributed by atoms with Crippen molar-refractivity contribution in [3.05, 3.63) is 144 Å². The molecule has 0 spiro atoms. The van der Waals surface area contributed by atoms with Gasteiger partial charge in [0.1, 0.15) is 5.60 Å². The van der Waals surface area contributed by atoms with Crippen LogP contribution in [0.15, 0.2) is 121 Å². The van der Waals surface area contributed by atoms with Gasteiger partial charge in [0.15, 0.2) is 0 Å². The van der Waals surface area contributed by atoms with Gasteiger partial charge in [-0.1, -0.05) is 128 Å². The summed E-state index contributed by atoms with van der Waals surface area (Å²) >= 11 is 0. The molecule has 5 rings (SSSR count). The molecular weight excluding hydrogens is 466 g/mol. The molecule has 1 N–H and O–H groups in total. The standard InChI is InChI=1S/C35H39NO2/c1-27-16-15-17-28(2)36(27)34(29-18-7-3-8-19-29)33(37)26-38-35(30-20-9-4-10-21-30,31-22-11-5-12-23-31)32-24-13-6-14-25-32/h3-14,18-25,27-28,33-34,37H,15-17,26H2,1-2H3/t27-,28+,33-,34+/m0/s1. The lowest BCUT2D eigenvalue weighted by atomic mass is 9.80. The lowest BCUT2D eigenvalue weighted by Gasteiger charge is -2.46. The molecule has 3 heteroatoms. The second-order valence-corrected chi connectivity index (χ2v) is 10.6. The van der Waals surface area contributed by atoms with E-state index in [9.17, 15) is 5.11 Å². The molecule has 1 fully saturated rings. The van der Waals surface area contributed by atoms with E-state index in [1.54, 1.807) is 0 Å². The Morgan fingerprint density at radius 3 is 1.50 bits per heavy atom. The minimum absolute atomic E-state index is 0.151. The fourth-order valence-electron chi connectivity index (χ4n) is 6.30. The first kappa shape index (κ1) is 26.4. The zero-order valence-corrected chi connectivity index (χ0v) is 22.5. The minimum Gasteiger partial charge on any atom is -0.389 e. The molecule has 196 valence electrons. The van der Waals surface area contributed by atoms with Gasteiger partial charge in [-0.05, 0) is 48.9 Å². The smallest absolute Gasteiger partial charge is 0.143 e. The molecule has 0 bridgehead atoms. The summed E-state index contributed by atoms with van der Waals surface area (Å²) in [6.45, 7) is 4.77. The summed E-state index contributed by atoms with van der Waals surface area (Å²) in [5, 5.41) is 12.0. The van der Waals surface area contributed by atoms with Gasteiger partial charge in [0.2, 0.25) is 0 Å². The first-order valence-corrected chi connectivity index (χ1v) is 13.9. The fourth-order valence-corrected chi connectivity index (χ4v) is 6.30. The van der Waals surface area contributed by atoms with Crippen molar-refractivity contribution in [2.24, 2.45) is 0 Å². The number of hydrogen-bond acceptors (Lipinski definition) is 3. The molecule has 0 radical (unpaired) electrons. The number of benzene rings is 4. The molecule has 1 aliphatic rings. The quantitative estimate of drug-likeness (QED) is 0.241. The highest BCUT2D eigenvalue weighted by Gasteiger charge is 2.41. The number of hydrogen-bond donors (Lipinski definition) is 1. The molecule has 0 aliphatic carbocycles. The van der Waals surface area contributed by atoms with Crippen LogP contribution in [0.5, 0.6) is 0 Å². The van der Waals surface area contributed by atoms with E-state index in [0.29, 0.717) is 12.1 Å². The number of ether oxygens (including phenoxy) is 1. The molecule has 3 nitrogen and oxygen atoms in total. The number of likely N-dealkylation sites (tertiary alicyclic amines) is 1. The minimum atomic E-state index is -0.856. The second kappa shape index (κ2) is 12.1. The summed E-state index contributed by atoms with van der Waals surface area (Å²) in [5.41, 5.74) is 3.40. The van der Waals surface area contributed by atoms with Crippen molar-refractivity contribution in [3.63, 3.8) is 0 Å². The lowest BCUT2D eigenvalue weighted by Crippen LogP contribution is -2.50. The summed E-state index contributed by atoms with van der Waals surface area (Å²) in [4.78, 5) is 2.52. The maximum atomic E-state index is 12.0. The average Bonchev–Trinajstić information content (AvgIpc) is 2.97.